The molecule has 0 aliphatic rings. The Morgan fingerprint density at radius 2 is 1.68 bits per heavy atom. The molecule has 0 fully saturated rings. The number of pyridine rings is 1. The number of aryl methyl sites for hydroxylation is 1. The highest BCUT2D eigenvalue weighted by atomic mass is 16.6. The molecule has 0 aromatic carbocycles. The normalized spacial score (nSPS) is 13.2. The Balaban J connectivity index is 2.23. The molecule has 140 valence electrons. The second kappa shape index (κ2) is 11.5. The Hall–Kier alpha value is -2.03. The summed E-state index contributed by atoms with van der Waals surface area (Å²) >= 11 is 0. The van der Waals surface area contributed by atoms with E-state index in [2.05, 4.69) is 0 Å². The van der Waals surface area contributed by atoms with Gasteiger partial charge in [-0.05, 0) is 38.3 Å². The summed E-state index contributed by atoms with van der Waals surface area (Å²) in [7, 11) is 0. The fraction of sp³-hybridized carbons (Fsp3) is 0.588. The highest BCUT2D eigenvalue weighted by Gasteiger charge is 2.22. The van der Waals surface area contributed by atoms with Gasteiger partial charge in [0.1, 0.15) is 18.6 Å². The van der Waals surface area contributed by atoms with Crippen molar-refractivity contribution in [2.45, 2.75) is 57.2 Å². The van der Waals surface area contributed by atoms with Gasteiger partial charge in [-0.25, -0.2) is 14.2 Å². The number of ether oxygens (including phenoxy) is 1. The maximum Gasteiger partial charge on any atom is 0.330 e. The van der Waals surface area contributed by atoms with Crippen LogP contribution in [0.5, 0.6) is 5.75 Å². The van der Waals surface area contributed by atoms with Crippen LogP contribution in [0.4, 0.5) is 0 Å². The first-order chi connectivity index (χ1) is 11.9. The molecule has 0 radical (unpaired) electrons. The average Bonchev–Trinajstić information content (AvgIpc) is 2.58. The van der Waals surface area contributed by atoms with Crippen LogP contribution in [0.2, 0.25) is 0 Å². The molecule has 0 aliphatic heterocycles. The third-order valence-corrected chi connectivity index (χ3v) is 3.80. The van der Waals surface area contributed by atoms with Crippen molar-refractivity contribution in [2.75, 3.05) is 6.54 Å². The topological polar surface area (TPSA) is 146 Å². The zero-order valence-corrected chi connectivity index (χ0v) is 14.5. The number of esters is 2. The van der Waals surface area contributed by atoms with E-state index in [0.29, 0.717) is 38.8 Å². The molecule has 1 rings (SSSR count). The van der Waals surface area contributed by atoms with Crippen molar-refractivity contribution in [3.63, 3.8) is 0 Å². The number of hydrogen-bond acceptors (Lipinski definition) is 7. The van der Waals surface area contributed by atoms with Crippen LogP contribution in [0.3, 0.4) is 0 Å². The first-order valence-corrected chi connectivity index (χ1v) is 8.59. The van der Waals surface area contributed by atoms with E-state index >= 15 is 0 Å². The fourth-order valence-corrected chi connectivity index (χ4v) is 2.30. The highest BCUT2D eigenvalue weighted by molar-refractivity contribution is 5.90. The predicted octanol–water partition coefficient (Wildman–Crippen LogP) is -0.297. The number of carbonyl (C=O) groups is 2. The van der Waals surface area contributed by atoms with E-state index in [4.69, 9.17) is 21.9 Å². The van der Waals surface area contributed by atoms with Gasteiger partial charge in [-0.15, -0.1) is 0 Å². The molecule has 7 N–H and O–H groups in total. The third kappa shape index (κ3) is 8.57. The molecule has 1 heterocycles. The number of nitrogens with two attached hydrogens (primary N) is 3. The first kappa shape index (κ1) is 21.0. The molecular weight excluding hydrogens is 324 g/mol. The number of aromatic hydroxyl groups is 1. The molecule has 0 saturated heterocycles. The number of carbonyl (C=O) groups excluding carboxylic acids is 2. The zero-order chi connectivity index (χ0) is 18.7. The molecule has 8 heteroatoms. The maximum atomic E-state index is 11.8. The Kier molecular flexibility index (Phi) is 9.68. The number of aromatic nitrogens is 1. The van der Waals surface area contributed by atoms with Crippen LogP contribution in [0, 0.1) is 0 Å². The van der Waals surface area contributed by atoms with Gasteiger partial charge in [-0.1, -0.05) is 6.42 Å². The van der Waals surface area contributed by atoms with Crippen molar-refractivity contribution in [1.29, 1.82) is 0 Å². The van der Waals surface area contributed by atoms with E-state index in [1.54, 1.807) is 18.3 Å². The van der Waals surface area contributed by atoms with Crippen molar-refractivity contribution < 1.29 is 24.0 Å². The second-order valence-electron chi connectivity index (χ2n) is 6.03. The lowest BCUT2D eigenvalue weighted by Gasteiger charge is -2.13. The standard InChI is InChI=1S/C17H28N4O4/c18-9-3-1-7-14(19)16(23)25-17(24)15(20)8-2-4-10-21-11-5-6-13(22)12-21/h5-6,11-12,14-15H,1-4,7-10,18-20H2/p+1/t14-,15?/m0/s1. The Morgan fingerprint density at radius 3 is 2.24 bits per heavy atom. The molecule has 0 aliphatic carbocycles. The summed E-state index contributed by atoms with van der Waals surface area (Å²) in [5, 5.41) is 9.38. The van der Waals surface area contributed by atoms with E-state index in [1.165, 1.54) is 0 Å². The molecule has 1 unspecified atom stereocenters. The average molecular weight is 353 g/mol. The van der Waals surface area contributed by atoms with E-state index in [0.717, 1.165) is 12.8 Å². The largest absolute Gasteiger partial charge is 0.503 e. The SMILES string of the molecule is NCCCC[C@H](N)C(=O)OC(=O)C(N)CCCC[n+]1cccc(O)c1. The quantitative estimate of drug-likeness (QED) is 0.185. The minimum absolute atomic E-state index is 0.198. The maximum absolute atomic E-state index is 11.8. The lowest BCUT2D eigenvalue weighted by molar-refractivity contribution is -0.697. The Labute approximate surface area is 147 Å². The van der Waals surface area contributed by atoms with Crippen LogP contribution < -0.4 is 21.8 Å². The number of unbranched alkanes of at least 4 members (excludes halogenated alkanes) is 2. The molecular formula is C17H29N4O4+. The van der Waals surface area contributed by atoms with Crippen LogP contribution in [0.15, 0.2) is 24.5 Å². The van der Waals surface area contributed by atoms with Crippen molar-refractivity contribution >= 4 is 11.9 Å². The summed E-state index contributed by atoms with van der Waals surface area (Å²) in [6.07, 6.45) is 7.26. The van der Waals surface area contributed by atoms with Gasteiger partial charge < -0.3 is 27.0 Å². The molecule has 25 heavy (non-hydrogen) atoms. The second-order valence-corrected chi connectivity index (χ2v) is 6.03. The highest BCUT2D eigenvalue weighted by Crippen LogP contribution is 2.05. The van der Waals surface area contributed by atoms with Gasteiger partial charge in [0.25, 0.3) is 0 Å². The van der Waals surface area contributed by atoms with Crippen LogP contribution >= 0.6 is 0 Å². The van der Waals surface area contributed by atoms with Crippen LogP contribution in [-0.4, -0.2) is 35.7 Å². The van der Waals surface area contributed by atoms with Gasteiger partial charge in [0.05, 0.1) is 0 Å². The van der Waals surface area contributed by atoms with E-state index in [9.17, 15) is 14.7 Å². The summed E-state index contributed by atoms with van der Waals surface area (Å²) in [6.45, 7) is 1.23. The molecule has 0 saturated carbocycles. The molecule has 0 spiro atoms. The van der Waals surface area contributed by atoms with Crippen molar-refractivity contribution in [2.24, 2.45) is 17.2 Å². The first-order valence-electron chi connectivity index (χ1n) is 8.59. The molecule has 0 amide bonds. The Bertz CT molecular complexity index is 553. The molecule has 2 atom stereocenters. The summed E-state index contributed by atoms with van der Waals surface area (Å²) < 4.78 is 6.59. The van der Waals surface area contributed by atoms with E-state index in [1.807, 2.05) is 10.8 Å². The molecule has 0 bridgehead atoms. The number of nitrogens with zero attached hydrogens (tertiary/aromatic N) is 1. The summed E-state index contributed by atoms with van der Waals surface area (Å²) in [5.74, 6) is -1.29. The smallest absolute Gasteiger partial charge is 0.330 e. The lowest BCUT2D eigenvalue weighted by atomic mass is 10.1. The monoisotopic (exact) mass is 353 g/mol. The van der Waals surface area contributed by atoms with E-state index < -0.39 is 24.0 Å². The minimum atomic E-state index is -0.852. The van der Waals surface area contributed by atoms with Gasteiger partial charge >= 0.3 is 11.9 Å². The predicted molar refractivity (Wildman–Crippen MR) is 92.1 cm³/mol. The van der Waals surface area contributed by atoms with Gasteiger partial charge in [0.2, 0.25) is 6.20 Å². The molecule has 8 nitrogen and oxygen atoms in total. The van der Waals surface area contributed by atoms with Crippen molar-refractivity contribution in [3.05, 3.63) is 24.5 Å². The fourth-order valence-electron chi connectivity index (χ4n) is 2.30. The van der Waals surface area contributed by atoms with E-state index in [-0.39, 0.29) is 5.75 Å². The zero-order valence-electron chi connectivity index (χ0n) is 14.5. The third-order valence-electron chi connectivity index (χ3n) is 3.80. The van der Waals surface area contributed by atoms with Gasteiger partial charge in [0, 0.05) is 12.5 Å². The molecule has 1 aromatic rings. The van der Waals surface area contributed by atoms with Crippen molar-refractivity contribution in [1.82, 2.24) is 0 Å². The number of hydrogen-bond donors (Lipinski definition) is 4. The summed E-state index contributed by atoms with van der Waals surface area (Å²) in [5.41, 5.74) is 16.8. The summed E-state index contributed by atoms with van der Waals surface area (Å²) in [4.78, 5) is 23.5. The van der Waals surface area contributed by atoms with Gasteiger partial charge in [0.15, 0.2) is 11.9 Å². The number of rotatable bonds is 11. The van der Waals surface area contributed by atoms with Crippen LogP contribution in [0.1, 0.15) is 38.5 Å². The van der Waals surface area contributed by atoms with Crippen LogP contribution in [0.25, 0.3) is 0 Å². The lowest BCUT2D eigenvalue weighted by Crippen LogP contribution is -2.39. The van der Waals surface area contributed by atoms with Crippen LogP contribution in [-0.2, 0) is 20.9 Å². The Morgan fingerprint density at radius 1 is 1.08 bits per heavy atom. The molecule has 1 aromatic heterocycles. The van der Waals surface area contributed by atoms with Gasteiger partial charge in [-0.2, -0.15) is 0 Å². The van der Waals surface area contributed by atoms with Gasteiger partial charge in [-0.3, -0.25) is 0 Å². The van der Waals surface area contributed by atoms with Crippen molar-refractivity contribution in [3.8, 4) is 5.75 Å². The minimum Gasteiger partial charge on any atom is -0.503 e. The summed E-state index contributed by atoms with van der Waals surface area (Å²) in [6, 6.07) is 1.67.